The molecular formula is C23H34N4O2. The summed E-state index contributed by atoms with van der Waals surface area (Å²) in [7, 11) is 0. The van der Waals surface area contributed by atoms with E-state index >= 15 is 0 Å². The summed E-state index contributed by atoms with van der Waals surface area (Å²) in [6, 6.07) is 8.05. The predicted octanol–water partition coefficient (Wildman–Crippen LogP) is 3.26. The number of nitrogens with zero attached hydrogens (tertiary/aromatic N) is 3. The van der Waals surface area contributed by atoms with Crippen LogP contribution in [0, 0.1) is 17.8 Å². The highest BCUT2D eigenvalue weighted by molar-refractivity contribution is 5.79. The van der Waals surface area contributed by atoms with E-state index in [0.717, 1.165) is 68.8 Å². The molecule has 1 amide bonds. The molecule has 1 aromatic heterocycles. The van der Waals surface area contributed by atoms with Gasteiger partial charge in [-0.1, -0.05) is 43.5 Å². The lowest BCUT2D eigenvalue weighted by atomic mass is 9.72. The molecule has 1 aromatic carbocycles. The fraction of sp³-hybridized carbons (Fsp3) is 0.652. The number of piperazine rings is 1. The Kier molecular flexibility index (Phi) is 6.50. The number of rotatable bonds is 7. The third-order valence-electron chi connectivity index (χ3n) is 7.11. The lowest BCUT2D eigenvalue weighted by Crippen LogP contribution is -2.47. The molecule has 6 heteroatoms. The molecule has 1 aliphatic carbocycles. The van der Waals surface area contributed by atoms with Gasteiger partial charge in [-0.2, -0.15) is 0 Å². The third kappa shape index (κ3) is 4.81. The standard InChI is InChI=1S/C23H34N4O2/c1-17-6-2-3-7-18(17)19(23(24)28)10-11-26-12-14-27(15-13-26)16-21-20-8-4-5-9-22(20)29-25-21/h4-5,8-9,17-19H,2-3,6-7,10-16H2,1H3,(H2,24,28). The molecule has 2 fully saturated rings. The number of carbonyl (C=O) groups excluding carboxylic acids is 1. The van der Waals surface area contributed by atoms with Gasteiger partial charge in [-0.15, -0.1) is 0 Å². The lowest BCUT2D eigenvalue weighted by molar-refractivity contribution is -0.125. The average molecular weight is 399 g/mol. The largest absolute Gasteiger partial charge is 0.369 e. The zero-order chi connectivity index (χ0) is 20.2. The molecule has 1 saturated carbocycles. The van der Waals surface area contributed by atoms with Gasteiger partial charge in [-0.05, 0) is 43.4 Å². The van der Waals surface area contributed by atoms with Crippen LogP contribution in [0.15, 0.2) is 28.8 Å². The van der Waals surface area contributed by atoms with Crippen LogP contribution in [0.25, 0.3) is 11.0 Å². The number of hydrogen-bond acceptors (Lipinski definition) is 5. The Labute approximate surface area is 173 Å². The summed E-state index contributed by atoms with van der Waals surface area (Å²) in [5, 5.41) is 5.38. The van der Waals surface area contributed by atoms with E-state index < -0.39 is 0 Å². The van der Waals surface area contributed by atoms with Crippen LogP contribution in [0.4, 0.5) is 0 Å². The van der Waals surface area contributed by atoms with Gasteiger partial charge in [0.25, 0.3) is 0 Å². The zero-order valence-electron chi connectivity index (χ0n) is 17.6. The minimum atomic E-state index is -0.0969. The summed E-state index contributed by atoms with van der Waals surface area (Å²) >= 11 is 0. The van der Waals surface area contributed by atoms with Crippen molar-refractivity contribution in [2.45, 2.75) is 45.6 Å². The molecular weight excluding hydrogens is 364 g/mol. The van der Waals surface area contributed by atoms with Gasteiger partial charge in [0.05, 0.1) is 0 Å². The van der Waals surface area contributed by atoms with Crippen molar-refractivity contribution in [1.29, 1.82) is 0 Å². The average Bonchev–Trinajstić information content (AvgIpc) is 3.13. The van der Waals surface area contributed by atoms with Crippen LogP contribution < -0.4 is 5.73 Å². The van der Waals surface area contributed by atoms with E-state index in [0.29, 0.717) is 11.8 Å². The Morgan fingerprint density at radius 1 is 1.17 bits per heavy atom. The van der Waals surface area contributed by atoms with Gasteiger partial charge in [0.1, 0.15) is 5.69 Å². The molecule has 4 rings (SSSR count). The number of fused-ring (bicyclic) bond motifs is 1. The number of para-hydroxylation sites is 1. The van der Waals surface area contributed by atoms with E-state index in [2.05, 4.69) is 27.9 Å². The maximum atomic E-state index is 12.1. The first-order valence-electron chi connectivity index (χ1n) is 11.2. The highest BCUT2D eigenvalue weighted by atomic mass is 16.5. The summed E-state index contributed by atoms with van der Waals surface area (Å²) in [5.41, 5.74) is 7.69. The minimum Gasteiger partial charge on any atom is -0.369 e. The van der Waals surface area contributed by atoms with Crippen LogP contribution in [0.3, 0.4) is 0 Å². The first-order chi connectivity index (χ1) is 14.1. The van der Waals surface area contributed by atoms with Gasteiger partial charge in [0.2, 0.25) is 5.91 Å². The predicted molar refractivity (Wildman–Crippen MR) is 114 cm³/mol. The summed E-state index contributed by atoms with van der Waals surface area (Å²) in [6.07, 6.45) is 5.84. The Morgan fingerprint density at radius 3 is 2.66 bits per heavy atom. The van der Waals surface area contributed by atoms with E-state index in [1.54, 1.807) is 0 Å². The van der Waals surface area contributed by atoms with Gasteiger partial charge < -0.3 is 15.2 Å². The van der Waals surface area contributed by atoms with E-state index in [9.17, 15) is 4.79 Å². The molecule has 1 saturated heterocycles. The van der Waals surface area contributed by atoms with Gasteiger partial charge >= 0.3 is 0 Å². The molecule has 6 nitrogen and oxygen atoms in total. The van der Waals surface area contributed by atoms with Crippen molar-refractivity contribution in [1.82, 2.24) is 15.0 Å². The summed E-state index contributed by atoms with van der Waals surface area (Å²) in [6.45, 7) is 8.19. The topological polar surface area (TPSA) is 75.6 Å². The number of carbonyl (C=O) groups is 1. The highest BCUT2D eigenvalue weighted by Gasteiger charge is 2.33. The van der Waals surface area contributed by atoms with Crippen molar-refractivity contribution >= 4 is 16.9 Å². The molecule has 29 heavy (non-hydrogen) atoms. The van der Waals surface area contributed by atoms with Crippen molar-refractivity contribution < 1.29 is 9.32 Å². The second-order valence-electron chi connectivity index (χ2n) is 8.97. The van der Waals surface area contributed by atoms with E-state index in [1.807, 2.05) is 18.2 Å². The van der Waals surface area contributed by atoms with Crippen molar-refractivity contribution in [2.24, 2.45) is 23.5 Å². The van der Waals surface area contributed by atoms with Crippen molar-refractivity contribution in [3.05, 3.63) is 30.0 Å². The van der Waals surface area contributed by atoms with Gasteiger partial charge in [-0.25, -0.2) is 0 Å². The van der Waals surface area contributed by atoms with Crippen LogP contribution in [0.2, 0.25) is 0 Å². The Hall–Kier alpha value is -1.92. The number of nitrogens with two attached hydrogens (primary N) is 1. The number of benzene rings is 1. The smallest absolute Gasteiger partial charge is 0.220 e. The lowest BCUT2D eigenvalue weighted by Gasteiger charge is -2.37. The highest BCUT2D eigenvalue weighted by Crippen LogP contribution is 2.36. The molecule has 158 valence electrons. The van der Waals surface area contributed by atoms with E-state index in [-0.39, 0.29) is 11.8 Å². The molecule has 2 aromatic rings. The number of amides is 1. The number of aromatic nitrogens is 1. The Balaban J connectivity index is 1.26. The minimum absolute atomic E-state index is 0.0322. The van der Waals surface area contributed by atoms with E-state index in [1.165, 1.54) is 19.3 Å². The number of hydrogen-bond donors (Lipinski definition) is 1. The molecule has 0 radical (unpaired) electrons. The Morgan fingerprint density at radius 2 is 1.90 bits per heavy atom. The quantitative estimate of drug-likeness (QED) is 0.775. The maximum absolute atomic E-state index is 12.1. The molecule has 2 aliphatic rings. The monoisotopic (exact) mass is 398 g/mol. The van der Waals surface area contributed by atoms with Crippen molar-refractivity contribution in [3.63, 3.8) is 0 Å². The summed E-state index contributed by atoms with van der Waals surface area (Å²) in [4.78, 5) is 17.1. The molecule has 2 heterocycles. The second kappa shape index (κ2) is 9.26. The van der Waals surface area contributed by atoms with Crippen LogP contribution >= 0.6 is 0 Å². The zero-order valence-corrected chi connectivity index (χ0v) is 17.6. The number of primary amides is 1. The fourth-order valence-corrected chi connectivity index (χ4v) is 5.27. The third-order valence-corrected chi connectivity index (χ3v) is 7.11. The molecule has 3 atom stereocenters. The second-order valence-corrected chi connectivity index (χ2v) is 8.97. The van der Waals surface area contributed by atoms with Crippen LogP contribution in [-0.2, 0) is 11.3 Å². The first-order valence-corrected chi connectivity index (χ1v) is 11.2. The SMILES string of the molecule is CC1CCCCC1C(CCN1CCN(Cc2noc3ccccc23)CC1)C(N)=O. The summed E-state index contributed by atoms with van der Waals surface area (Å²) in [5.74, 6) is 1.03. The first kappa shape index (κ1) is 20.4. The molecule has 2 N–H and O–H groups in total. The van der Waals surface area contributed by atoms with Crippen LogP contribution in [0.1, 0.15) is 44.7 Å². The van der Waals surface area contributed by atoms with Gasteiger partial charge in [0.15, 0.2) is 5.58 Å². The van der Waals surface area contributed by atoms with Crippen molar-refractivity contribution in [3.8, 4) is 0 Å². The maximum Gasteiger partial charge on any atom is 0.220 e. The fourth-order valence-electron chi connectivity index (χ4n) is 5.27. The van der Waals surface area contributed by atoms with Crippen LogP contribution in [-0.4, -0.2) is 53.6 Å². The molecule has 3 unspecified atom stereocenters. The van der Waals surface area contributed by atoms with Gasteiger partial charge in [0, 0.05) is 44.0 Å². The molecule has 1 aliphatic heterocycles. The Bertz CT molecular complexity index is 812. The molecule has 0 bridgehead atoms. The van der Waals surface area contributed by atoms with E-state index in [4.69, 9.17) is 10.3 Å². The van der Waals surface area contributed by atoms with Crippen LogP contribution in [0.5, 0.6) is 0 Å². The van der Waals surface area contributed by atoms with Crippen molar-refractivity contribution in [2.75, 3.05) is 32.7 Å². The van der Waals surface area contributed by atoms with Gasteiger partial charge in [-0.3, -0.25) is 9.69 Å². The summed E-state index contributed by atoms with van der Waals surface area (Å²) < 4.78 is 5.43. The normalized spacial score (nSPS) is 25.3. The molecule has 0 spiro atoms.